The number of hydrogen-bond acceptors (Lipinski definition) is 8. The lowest BCUT2D eigenvalue weighted by molar-refractivity contribution is 0.629. The maximum atomic E-state index is 6.90. The van der Waals surface area contributed by atoms with Crippen LogP contribution in [0.25, 0.3) is 275 Å². The van der Waals surface area contributed by atoms with Crippen LogP contribution < -0.4 is 0 Å². The molecule has 0 bridgehead atoms. The van der Waals surface area contributed by atoms with Gasteiger partial charge in [0, 0.05) is 135 Å². The molecule has 20 aromatic carbocycles. The van der Waals surface area contributed by atoms with Crippen molar-refractivity contribution in [2.24, 2.45) is 0 Å². The fourth-order valence-corrected chi connectivity index (χ4v) is 20.7. The lowest BCUT2D eigenvalue weighted by Gasteiger charge is -2.18. The van der Waals surface area contributed by atoms with Gasteiger partial charge in [-0.25, -0.2) is 0 Å². The van der Waals surface area contributed by atoms with Gasteiger partial charge in [-0.3, -0.25) is 9.97 Å². The van der Waals surface area contributed by atoms with Crippen LogP contribution in [0.3, 0.4) is 0 Å². The molecule has 0 atom stereocenters. The molecular formula is C122H74N2O6. The molecule has 28 rings (SSSR count). The second-order valence-electron chi connectivity index (χ2n) is 33.9. The monoisotopic (exact) mass is 1660 g/mol. The highest BCUT2D eigenvalue weighted by atomic mass is 16.4. The van der Waals surface area contributed by atoms with E-state index in [2.05, 4.69) is 364 Å². The van der Waals surface area contributed by atoms with Crippen molar-refractivity contribution in [1.29, 1.82) is 0 Å². The average molecular weight is 1660 g/mol. The molecule has 0 radical (unpaired) electrons. The number of para-hydroxylation sites is 4. The van der Waals surface area contributed by atoms with E-state index >= 15 is 0 Å². The maximum absolute atomic E-state index is 6.90. The zero-order valence-electron chi connectivity index (χ0n) is 70.6. The van der Waals surface area contributed by atoms with Gasteiger partial charge in [0.25, 0.3) is 0 Å². The zero-order chi connectivity index (χ0) is 85.8. The zero-order valence-corrected chi connectivity index (χ0v) is 70.6. The topological polar surface area (TPSA) is 105 Å². The van der Waals surface area contributed by atoms with Gasteiger partial charge in [-0.05, 0) is 207 Å². The minimum Gasteiger partial charge on any atom is -0.456 e. The predicted molar refractivity (Wildman–Crippen MR) is 539 cm³/mol. The van der Waals surface area contributed by atoms with E-state index in [4.69, 9.17) is 26.5 Å². The van der Waals surface area contributed by atoms with E-state index < -0.39 is 0 Å². The molecule has 0 N–H and O–H groups in total. The Labute approximate surface area is 744 Å². The van der Waals surface area contributed by atoms with E-state index in [1.807, 2.05) is 73.3 Å². The predicted octanol–water partition coefficient (Wildman–Crippen LogP) is 35.0. The summed E-state index contributed by atoms with van der Waals surface area (Å²) in [6.07, 6.45) is 7.46. The normalized spacial score (nSPS) is 11.9. The van der Waals surface area contributed by atoms with Gasteiger partial charge >= 0.3 is 0 Å². The van der Waals surface area contributed by atoms with E-state index in [9.17, 15) is 0 Å². The standard InChI is InChI=1S/C44H26N2O2.C42H24O2.C36H24O2/c1-2-12-28-24-36-35(23-27(28)11-1)41(43-39(29-13-9-21-45-25-29)33-17-5-7-19-37(33)47-43)31-15-3-4-16-32(31)42(36)44-40(30-14-10-22-46-26-30)34-18-6-8-20-38(34)48-44;1-2-12-28-22-36-35(21-27(28)11-1)39(37-23-29-19-17-25-9-3-5-13-31(25)41(29)43-37)33-15-7-8-16-34(33)40(36)38-24-30-20-18-26-10-4-6-14-32(26)42(30)44-38;1-21-25-13-7-9-17-31(25)37-35(21)33-27-15-5-6-16-28(27)34(36-22(2)26-14-8-10-18-32(26)38-36)30-20-24-12-4-3-11-23(24)19-29(30)33/h1-26H;1-24H;3-20H,1-2H3. The number of rotatable bonds is 8. The summed E-state index contributed by atoms with van der Waals surface area (Å²) >= 11 is 0. The second-order valence-corrected chi connectivity index (χ2v) is 33.9. The van der Waals surface area contributed by atoms with Crippen LogP contribution in [-0.2, 0) is 0 Å². The van der Waals surface area contributed by atoms with E-state index in [-0.39, 0.29) is 0 Å². The molecule has 0 saturated heterocycles. The molecule has 0 aliphatic carbocycles. The summed E-state index contributed by atoms with van der Waals surface area (Å²) in [5.74, 6) is 5.24. The summed E-state index contributed by atoms with van der Waals surface area (Å²) in [6, 6.07) is 137. The molecule has 0 amide bonds. The van der Waals surface area contributed by atoms with Crippen molar-refractivity contribution < 1.29 is 26.5 Å². The summed E-state index contributed by atoms with van der Waals surface area (Å²) in [4.78, 5) is 9.00. The first-order valence-electron chi connectivity index (χ1n) is 44.1. The number of aryl methyl sites for hydroxylation is 2. The van der Waals surface area contributed by atoms with Crippen molar-refractivity contribution in [2.75, 3.05) is 0 Å². The van der Waals surface area contributed by atoms with Gasteiger partial charge in [0.05, 0.1) is 0 Å². The minimum atomic E-state index is 0.823. The Morgan fingerprint density at radius 1 is 0.169 bits per heavy atom. The maximum Gasteiger partial charge on any atom is 0.144 e. The van der Waals surface area contributed by atoms with E-state index in [1.54, 1.807) is 0 Å². The fourth-order valence-electron chi connectivity index (χ4n) is 20.7. The van der Waals surface area contributed by atoms with Gasteiger partial charge in [0.2, 0.25) is 0 Å². The number of hydrogen-bond donors (Lipinski definition) is 0. The Bertz CT molecular complexity index is 9010. The van der Waals surface area contributed by atoms with Gasteiger partial charge in [-0.15, -0.1) is 0 Å². The van der Waals surface area contributed by atoms with Crippen LogP contribution in [-0.4, -0.2) is 9.97 Å². The summed E-state index contributed by atoms with van der Waals surface area (Å²) in [7, 11) is 0. The van der Waals surface area contributed by atoms with E-state index in [0.717, 1.165) is 243 Å². The highest BCUT2D eigenvalue weighted by Crippen LogP contribution is 2.56. The van der Waals surface area contributed by atoms with Crippen LogP contribution in [0.15, 0.2) is 440 Å². The Kier molecular flexibility index (Phi) is 17.0. The summed E-state index contributed by atoms with van der Waals surface area (Å²) in [5, 5.41) is 31.9. The first-order chi connectivity index (χ1) is 64.3. The van der Waals surface area contributed by atoms with Crippen molar-refractivity contribution >= 4 is 184 Å². The largest absolute Gasteiger partial charge is 0.456 e. The van der Waals surface area contributed by atoms with Gasteiger partial charge in [0.1, 0.15) is 68.1 Å². The van der Waals surface area contributed by atoms with Crippen LogP contribution >= 0.6 is 0 Å². The Morgan fingerprint density at radius 2 is 0.415 bits per heavy atom. The van der Waals surface area contributed by atoms with Crippen LogP contribution in [0, 0.1) is 13.8 Å². The molecule has 0 fully saturated rings. The lowest BCUT2D eigenvalue weighted by atomic mass is 9.85. The number of nitrogens with zero attached hydrogens (tertiary/aromatic N) is 2. The van der Waals surface area contributed by atoms with Gasteiger partial charge < -0.3 is 26.5 Å². The highest BCUT2D eigenvalue weighted by Gasteiger charge is 2.31. The molecule has 8 nitrogen and oxygen atoms in total. The van der Waals surface area contributed by atoms with E-state index in [1.165, 1.54) is 43.1 Å². The summed E-state index contributed by atoms with van der Waals surface area (Å²) < 4.78 is 40.6. The Morgan fingerprint density at radius 3 is 0.731 bits per heavy atom. The number of benzene rings is 20. The smallest absolute Gasteiger partial charge is 0.144 e. The third kappa shape index (κ3) is 11.8. The molecule has 0 aliphatic heterocycles. The third-order valence-electron chi connectivity index (χ3n) is 26.7. The highest BCUT2D eigenvalue weighted by molar-refractivity contribution is 6.29. The quantitative estimate of drug-likeness (QED) is 0.139. The SMILES string of the molecule is Cc1c(-c2c3ccccc3c(-c3oc4ccccc4c3C)c3cc4ccccc4cc23)oc2ccccc12.c1ccc2cc3c(-c4cc5ccc6ccccc6c5o4)c4ccccc4c(-c4cc5ccc6ccccc6c5o4)c3cc2c1.c1cncc(-c2c(-c3c4ccccc4c(-c4oc5ccccc5c4-c4cccnc4)c4cc5ccccc5cc34)oc3ccccc23)c1. The van der Waals surface area contributed by atoms with Gasteiger partial charge in [-0.2, -0.15) is 0 Å². The molecule has 608 valence electrons. The average Bonchev–Trinajstić information content (AvgIpc) is 1.35. The Balaban J connectivity index is 0.000000103. The lowest BCUT2D eigenvalue weighted by Crippen LogP contribution is -1.92. The van der Waals surface area contributed by atoms with Crippen LogP contribution in [0.1, 0.15) is 11.1 Å². The van der Waals surface area contributed by atoms with Crippen LogP contribution in [0.5, 0.6) is 0 Å². The molecule has 0 spiro atoms. The molecule has 8 heterocycles. The van der Waals surface area contributed by atoms with Crippen molar-refractivity contribution in [3.8, 4) is 90.2 Å². The molecule has 0 unspecified atom stereocenters. The van der Waals surface area contributed by atoms with Crippen LogP contribution in [0.4, 0.5) is 0 Å². The molecule has 130 heavy (non-hydrogen) atoms. The Hall–Kier alpha value is -17.2. The number of fused-ring (bicyclic) bond motifs is 19. The number of furan rings is 6. The molecule has 0 aliphatic rings. The van der Waals surface area contributed by atoms with Gasteiger partial charge in [-0.1, -0.05) is 303 Å². The number of pyridine rings is 2. The molecular weight excluding hydrogens is 1590 g/mol. The number of aromatic nitrogens is 2. The van der Waals surface area contributed by atoms with Crippen LogP contribution in [0.2, 0.25) is 0 Å². The summed E-state index contributed by atoms with van der Waals surface area (Å²) in [6.45, 7) is 4.33. The van der Waals surface area contributed by atoms with Crippen molar-refractivity contribution in [1.82, 2.24) is 9.97 Å². The van der Waals surface area contributed by atoms with Crippen molar-refractivity contribution in [3.63, 3.8) is 0 Å². The first-order valence-corrected chi connectivity index (χ1v) is 44.1. The van der Waals surface area contributed by atoms with Gasteiger partial charge in [0.15, 0.2) is 0 Å². The minimum absolute atomic E-state index is 0.823. The molecule has 28 aromatic rings. The molecule has 8 aromatic heterocycles. The third-order valence-corrected chi connectivity index (χ3v) is 26.7. The summed E-state index contributed by atoms with van der Waals surface area (Å²) in [5.41, 5.74) is 18.3. The van der Waals surface area contributed by atoms with E-state index in [0.29, 0.717) is 0 Å². The first kappa shape index (κ1) is 74.2. The second kappa shape index (κ2) is 29.7. The molecule has 0 saturated carbocycles. The van der Waals surface area contributed by atoms with Crippen molar-refractivity contribution in [3.05, 3.63) is 424 Å². The van der Waals surface area contributed by atoms with Crippen molar-refractivity contribution in [2.45, 2.75) is 13.8 Å². The fraction of sp³-hybridized carbons (Fsp3) is 0.0164. The molecule has 8 heteroatoms.